The van der Waals surface area contributed by atoms with Crippen LogP contribution in [0.1, 0.15) is 121 Å². The molecule has 0 aliphatic carbocycles. The van der Waals surface area contributed by atoms with Gasteiger partial charge in [0.1, 0.15) is 122 Å². The molecular formula is C89H88N6O26S3. The molecule has 648 valence electrons. The van der Waals surface area contributed by atoms with Crippen LogP contribution in [0.2, 0.25) is 0 Å². The van der Waals surface area contributed by atoms with Crippen molar-refractivity contribution in [2.24, 2.45) is 0 Å². The minimum Gasteiger partial charge on any atom is -0.507 e. The largest absolute Gasteiger partial charge is 0.507 e. The third-order valence-corrected chi connectivity index (χ3v) is 22.5. The summed E-state index contributed by atoms with van der Waals surface area (Å²) in [5, 5.41) is 42.3. The lowest BCUT2D eigenvalue weighted by atomic mass is 9.93. The molecule has 3 aliphatic heterocycles. The number of aliphatic hydroxyl groups is 3. The van der Waals surface area contributed by atoms with Gasteiger partial charge in [-0.15, -0.1) is 0 Å². The molecule has 6 aromatic carbocycles. The van der Waals surface area contributed by atoms with Crippen LogP contribution in [0.15, 0.2) is 164 Å². The summed E-state index contributed by atoms with van der Waals surface area (Å²) >= 11 is 2.71. The molecular weight excluding hydrogens is 1670 g/mol. The summed E-state index contributed by atoms with van der Waals surface area (Å²) in [6, 6.07) is 26.2. The molecule has 3 aromatic heterocycles. The Hall–Kier alpha value is -14.5. The van der Waals surface area contributed by atoms with E-state index in [0.717, 1.165) is 40.9 Å². The minimum absolute atomic E-state index is 0.000278. The van der Waals surface area contributed by atoms with Crippen LogP contribution in [-0.4, -0.2) is 178 Å². The quantitative estimate of drug-likeness (QED) is 0.00927. The molecule has 3 saturated heterocycles. The number of aromatic nitrogens is 3. The summed E-state index contributed by atoms with van der Waals surface area (Å²) in [5.74, 6) is -5.27. The van der Waals surface area contributed by atoms with E-state index in [1.54, 1.807) is 151 Å². The number of benzene rings is 6. The van der Waals surface area contributed by atoms with E-state index in [1.807, 2.05) is 0 Å². The summed E-state index contributed by atoms with van der Waals surface area (Å²) in [6.45, 7) is 21.8. The number of ketones is 3. The number of hydrogen-bond acceptors (Lipinski definition) is 31. The lowest BCUT2D eigenvalue weighted by Crippen LogP contribution is -2.29. The van der Waals surface area contributed by atoms with Crippen molar-refractivity contribution in [1.29, 1.82) is 0 Å². The average Bonchev–Trinajstić information content (AvgIpc) is 1.58. The first-order chi connectivity index (χ1) is 59.2. The first-order valence-corrected chi connectivity index (χ1v) is 39.7. The minimum atomic E-state index is -1.13. The molecule has 3 aliphatic rings. The molecule has 35 heteroatoms. The monoisotopic (exact) mass is 1750 g/mol. The number of carboxylic acids is 1. The summed E-state index contributed by atoms with van der Waals surface area (Å²) in [6.07, 6.45) is 4.31. The number of Topliss-reactive ketones (excluding diaryl/α,β-unsaturated/α-hetero) is 3. The number of nitrogens with zero attached hydrogens (tertiary/aromatic N) is 6. The zero-order valence-electron chi connectivity index (χ0n) is 70.3. The van der Waals surface area contributed by atoms with Crippen LogP contribution in [0.3, 0.4) is 0 Å². The highest BCUT2D eigenvalue weighted by Gasteiger charge is 2.53. The molecule has 3 atom stereocenters. The van der Waals surface area contributed by atoms with Crippen LogP contribution in [-0.2, 0) is 47.8 Å². The SMILES string of the molecule is C=CCOC(=O)c1sc(N2C(=O)C(=O)C(=C(O)c3ccc(OC)cc3C)C2c2ccc(OC)cc2OC)nc1C.C=CCOC(=O)c1sc(N2C(=O)C(=O)C(=C(O)c3ccc(OC)cc3C)C2c2ccc(OC)cc2OC)nc1C.C=CCOC(=O)c1sc(N2C(=O)C(=O)C(=C(O)c3ccc(OC)cc3C)C2c2ccc(OC)cc2OC)nc1C.CC(=O)O. The molecule has 0 saturated carbocycles. The van der Waals surface area contributed by atoms with Crippen LogP contribution >= 0.6 is 34.0 Å². The first-order valence-electron chi connectivity index (χ1n) is 37.2. The van der Waals surface area contributed by atoms with Gasteiger partial charge < -0.3 is 77.3 Å². The number of aliphatic carboxylic acids is 1. The molecule has 3 fully saturated rings. The number of carbonyl (C=O) groups is 10. The molecule has 32 nitrogen and oxygen atoms in total. The standard InChI is InChI=1S/3C29H28N2O8S.C2H4O2/c3*1-7-12-39-28(35)26-16(3)30-29(40-26)31-23(20-11-9-18(37-5)14-21(20)38-6)22(25(33)27(31)34)24(32)19-10-8-17(36-4)13-15(19)2;1-2(3)4/h3*7-11,13-14,23,32H,1,12H2,2-6H3;1H3,(H,3,4). The summed E-state index contributed by atoms with van der Waals surface area (Å²) in [4.78, 5) is 146. The summed E-state index contributed by atoms with van der Waals surface area (Å²) < 4.78 is 64.0. The number of carboxylic acid groups (broad SMARTS) is 1. The normalized spacial score (nSPS) is 15.8. The topological polar surface area (TPSA) is 411 Å². The van der Waals surface area contributed by atoms with Gasteiger partial charge in [0.25, 0.3) is 23.3 Å². The van der Waals surface area contributed by atoms with Crippen molar-refractivity contribution in [2.45, 2.75) is 66.6 Å². The molecule has 0 spiro atoms. The summed E-state index contributed by atoms with van der Waals surface area (Å²) in [7, 11) is 13.4. The fourth-order valence-corrected chi connectivity index (χ4v) is 16.2. The van der Waals surface area contributed by atoms with E-state index in [0.29, 0.717) is 119 Å². The molecule has 3 amide bonds. The van der Waals surface area contributed by atoms with Crippen molar-refractivity contribution in [3.63, 3.8) is 0 Å². The maximum Gasteiger partial charge on any atom is 0.350 e. The van der Waals surface area contributed by atoms with Crippen LogP contribution in [0.5, 0.6) is 51.7 Å². The van der Waals surface area contributed by atoms with E-state index in [1.165, 1.54) is 96.9 Å². The second-order valence-electron chi connectivity index (χ2n) is 26.8. The second kappa shape index (κ2) is 41.2. The maximum absolute atomic E-state index is 13.6. The van der Waals surface area contributed by atoms with Crippen molar-refractivity contribution in [2.75, 3.05) is 98.5 Å². The Balaban J connectivity index is 0.000000206. The smallest absolute Gasteiger partial charge is 0.350 e. The van der Waals surface area contributed by atoms with Gasteiger partial charge in [0.15, 0.2) is 15.4 Å². The van der Waals surface area contributed by atoms with E-state index >= 15 is 0 Å². The molecule has 4 N–H and O–H groups in total. The van der Waals surface area contributed by atoms with E-state index in [-0.39, 0.29) is 83.8 Å². The molecule has 3 unspecified atom stereocenters. The number of methoxy groups -OCH3 is 9. The predicted molar refractivity (Wildman–Crippen MR) is 461 cm³/mol. The van der Waals surface area contributed by atoms with Gasteiger partial charge in [0.05, 0.1) is 97.8 Å². The Kier molecular flexibility index (Phi) is 31.0. The Labute approximate surface area is 724 Å². The van der Waals surface area contributed by atoms with Crippen LogP contribution in [0.25, 0.3) is 17.3 Å². The number of carbonyl (C=O) groups excluding carboxylic acids is 9. The third kappa shape index (κ3) is 19.6. The number of hydrogen-bond donors (Lipinski definition) is 4. The van der Waals surface area contributed by atoms with Crippen LogP contribution in [0.4, 0.5) is 15.4 Å². The van der Waals surface area contributed by atoms with Crippen molar-refractivity contribution in [3.05, 3.63) is 246 Å². The van der Waals surface area contributed by atoms with Crippen molar-refractivity contribution in [1.82, 2.24) is 15.0 Å². The Morgan fingerprint density at radius 3 is 0.782 bits per heavy atom. The molecule has 6 heterocycles. The zero-order valence-corrected chi connectivity index (χ0v) is 72.7. The van der Waals surface area contributed by atoms with E-state index < -0.39 is 77.1 Å². The predicted octanol–water partition coefficient (Wildman–Crippen LogP) is 14.4. The Morgan fingerprint density at radius 1 is 0.363 bits per heavy atom. The summed E-state index contributed by atoms with van der Waals surface area (Å²) in [5.41, 5.74) is 4.60. The lowest BCUT2D eigenvalue weighted by Gasteiger charge is -2.25. The Morgan fingerprint density at radius 2 is 0.581 bits per heavy atom. The van der Waals surface area contributed by atoms with Gasteiger partial charge in [-0.1, -0.05) is 72.0 Å². The molecule has 0 radical (unpaired) electrons. The molecule has 124 heavy (non-hydrogen) atoms. The second-order valence-corrected chi connectivity index (χ2v) is 29.7. The fraction of sp³-hybridized carbons (Fsp3) is 0.247. The zero-order chi connectivity index (χ0) is 91.0. The van der Waals surface area contributed by atoms with E-state index in [4.69, 9.17) is 66.7 Å². The van der Waals surface area contributed by atoms with Gasteiger partial charge in [-0.25, -0.2) is 29.3 Å². The highest BCUT2D eigenvalue weighted by Crippen LogP contribution is 2.52. The molecule has 12 rings (SSSR count). The number of anilines is 3. The van der Waals surface area contributed by atoms with Crippen LogP contribution < -0.4 is 57.3 Å². The van der Waals surface area contributed by atoms with Gasteiger partial charge >= 0.3 is 35.6 Å². The van der Waals surface area contributed by atoms with E-state index in [9.17, 15) is 58.5 Å². The third-order valence-electron chi connectivity index (χ3n) is 19.1. The van der Waals surface area contributed by atoms with Gasteiger partial charge in [0.2, 0.25) is 0 Å². The first kappa shape index (κ1) is 93.4. The van der Waals surface area contributed by atoms with Crippen molar-refractivity contribution in [3.8, 4) is 51.7 Å². The van der Waals surface area contributed by atoms with Gasteiger partial charge in [-0.2, -0.15) is 0 Å². The molecule has 0 bridgehead atoms. The number of ether oxygens (including phenoxy) is 12. The highest BCUT2D eigenvalue weighted by molar-refractivity contribution is 7.18. The number of esters is 3. The fourth-order valence-electron chi connectivity index (χ4n) is 13.3. The maximum atomic E-state index is 13.6. The number of aliphatic hydroxyl groups excluding tert-OH is 3. The number of amides is 3. The molecule has 9 aromatic rings. The highest BCUT2D eigenvalue weighted by atomic mass is 32.1. The number of rotatable bonds is 27. The number of aryl methyl sites for hydroxylation is 6. The lowest BCUT2D eigenvalue weighted by molar-refractivity contribution is -0.134. The van der Waals surface area contributed by atoms with Crippen LogP contribution in [0, 0.1) is 41.5 Å². The van der Waals surface area contributed by atoms with E-state index in [2.05, 4.69) is 34.7 Å². The van der Waals surface area contributed by atoms with Gasteiger partial charge in [-0.3, -0.25) is 48.3 Å². The van der Waals surface area contributed by atoms with Gasteiger partial charge in [-0.05, 0) is 149 Å². The average molecular weight is 1750 g/mol. The Bertz CT molecular complexity index is 5280. The number of thiazole rings is 3. The van der Waals surface area contributed by atoms with Crippen molar-refractivity contribution >= 4 is 126 Å². The van der Waals surface area contributed by atoms with Gasteiger partial charge in [0, 0.05) is 58.5 Å². The van der Waals surface area contributed by atoms with Crippen molar-refractivity contribution < 1.29 is 125 Å².